The van der Waals surface area contributed by atoms with Gasteiger partial charge in [0.2, 0.25) is 0 Å². The highest BCUT2D eigenvalue weighted by molar-refractivity contribution is 6.40. The quantitative estimate of drug-likeness (QED) is 0.0461. The predicted molar refractivity (Wildman–Crippen MR) is 489 cm³/mol. The molecule has 12 nitrogen and oxygen atoms in total. The summed E-state index contributed by atoms with van der Waals surface area (Å²) in [5, 5.41) is 3.30. The van der Waals surface area contributed by atoms with Gasteiger partial charge in [-0.25, -0.2) is 0 Å². The van der Waals surface area contributed by atoms with Crippen LogP contribution in [0, 0.1) is 6.92 Å². The number of carbonyl (C=O) groups excluding carboxylic acids is 4. The number of nitrogens with two attached hydrogens (primary N) is 1. The molecule has 14 aromatic carbocycles. The number of carbonyl (C=O) groups is 4. The molecule has 0 aliphatic carbocycles. The van der Waals surface area contributed by atoms with E-state index in [1.807, 2.05) is 249 Å². The molecule has 2 aliphatic rings. The topological polar surface area (TPSA) is 153 Å². The molecule has 0 aromatic heterocycles. The Hall–Kier alpha value is -13.2. The van der Waals surface area contributed by atoms with Gasteiger partial charge in [-0.05, 0) is 183 Å². The summed E-state index contributed by atoms with van der Waals surface area (Å²) in [6, 6.07) is 121. The molecular weight excluding hydrogens is 1510 g/mol. The fourth-order valence-corrected chi connectivity index (χ4v) is 13.6. The van der Waals surface area contributed by atoms with Crippen LogP contribution < -0.4 is 25.3 Å². The Morgan fingerprint density at radius 3 is 1.24 bits per heavy atom. The minimum atomic E-state index is -0.00988. The molecule has 0 fully saturated rings. The number of ether oxygens (including phenoxy) is 3. The molecule has 2 unspecified atom stereocenters. The average molecular weight is 1620 g/mol. The van der Waals surface area contributed by atoms with Gasteiger partial charge in [-0.1, -0.05) is 309 Å². The maximum Gasteiger partial charge on any atom is 0.254 e. The first-order valence-electron chi connectivity index (χ1n) is 39.7. The second kappa shape index (κ2) is 47.1. The number of hydrogen-bond donors (Lipinski definition) is 2. The minimum Gasteiger partial charge on any atom is -0.497 e. The Bertz CT molecular complexity index is 5410. The summed E-state index contributed by atoms with van der Waals surface area (Å²) >= 11 is 9.53. The molecule has 14 aromatic rings. The highest BCUT2D eigenvalue weighted by atomic mass is 35.5. The molecule has 2 atom stereocenters. The molecule has 0 saturated heterocycles. The highest BCUT2D eigenvalue weighted by Crippen LogP contribution is 2.37. The number of alkyl halides is 2. The van der Waals surface area contributed by atoms with E-state index in [9.17, 15) is 19.2 Å². The van der Waals surface area contributed by atoms with E-state index in [2.05, 4.69) is 162 Å². The van der Waals surface area contributed by atoms with Crippen molar-refractivity contribution >= 4 is 53.4 Å². The Morgan fingerprint density at radius 1 is 0.445 bits per heavy atom. The van der Waals surface area contributed by atoms with Crippen molar-refractivity contribution in [2.24, 2.45) is 10.7 Å². The summed E-state index contributed by atoms with van der Waals surface area (Å²) in [5.74, 6) is 2.79. The van der Waals surface area contributed by atoms with E-state index < -0.39 is 0 Å². The summed E-state index contributed by atoms with van der Waals surface area (Å²) < 4.78 is 15.4. The summed E-state index contributed by atoms with van der Waals surface area (Å²) in [6.07, 6.45) is 4.42. The zero-order chi connectivity index (χ0) is 83.9. The number of amides is 3. The van der Waals surface area contributed by atoms with Crippen molar-refractivity contribution in [1.29, 1.82) is 0 Å². The second-order valence-electron chi connectivity index (χ2n) is 27.9. The van der Waals surface area contributed by atoms with Crippen LogP contribution in [0.2, 0.25) is 0 Å². The lowest BCUT2D eigenvalue weighted by Gasteiger charge is -2.37. The van der Waals surface area contributed by atoms with E-state index in [1.54, 1.807) is 21.3 Å². The van der Waals surface area contributed by atoms with Crippen LogP contribution in [0.3, 0.4) is 0 Å². The zero-order valence-corrected chi connectivity index (χ0v) is 69.7. The van der Waals surface area contributed by atoms with E-state index in [0.29, 0.717) is 25.2 Å². The molecular formula is C105H101Cl2N5O7. The molecule has 16 rings (SSSR count). The van der Waals surface area contributed by atoms with Crippen molar-refractivity contribution in [2.75, 3.05) is 39.8 Å². The highest BCUT2D eigenvalue weighted by Gasteiger charge is 2.33. The van der Waals surface area contributed by atoms with E-state index in [-0.39, 0.29) is 35.1 Å². The standard InChI is InChI=1S/C29H25NO2.C21H17NO.C21H19NO.C13H10O.C12H17NO.C8H11NO.CH2Cl2/c1-32-26-17-11-21(12-18-26)20-30-28(19-25-9-5-6-10-27(25)29(30)31)24-15-13-23(14-16-24)22-7-3-2-4-8-22;23-21-19-9-5-4-8-18(19)14-20(22-21)17-12-10-16(11-13-17)15-6-2-1-3-7-15;1-23-21-13-9-18(10-14-21)16-22-15-17-7-11-20(12-8-17)19-5-3-2-4-6-19;14-10-11-6-8-13(9-7-11)12-4-2-1-3-5-12;1-4-13(5-2)12(14)11-9-7-6-8-10(11)3;1-10-8-4-2-7(6-9)3-5-8;2-1-3/h2-18,28H,19-20H2,1H3;1-13,20H,14H2,(H,22,23);2-15H,16H2,1H3;1-10H;6-9H,4-5H2,1-3H3;2-5H,6,9H2,1H3;1H2. The molecule has 3 amide bonds. The number of hydrogen-bond acceptors (Lipinski definition) is 9. The molecule has 602 valence electrons. The average Bonchev–Trinajstić information content (AvgIpc) is 0.774. The first-order chi connectivity index (χ1) is 58.3. The summed E-state index contributed by atoms with van der Waals surface area (Å²) in [7, 11) is 4.99. The predicted octanol–water partition coefficient (Wildman–Crippen LogP) is 23.9. The van der Waals surface area contributed by atoms with Crippen molar-refractivity contribution < 1.29 is 33.4 Å². The Labute approximate surface area is 711 Å². The number of benzene rings is 14. The molecule has 0 spiro atoms. The van der Waals surface area contributed by atoms with Gasteiger partial charge < -0.3 is 35.1 Å². The molecule has 2 aliphatic heterocycles. The number of fused-ring (bicyclic) bond motifs is 2. The van der Waals surface area contributed by atoms with Gasteiger partial charge in [0.05, 0.1) is 45.3 Å². The maximum atomic E-state index is 13.5. The van der Waals surface area contributed by atoms with Crippen LogP contribution in [0.15, 0.2) is 369 Å². The molecule has 0 radical (unpaired) electrons. The number of nitrogens with zero attached hydrogens (tertiary/aromatic N) is 3. The molecule has 0 saturated carbocycles. The molecule has 3 N–H and O–H groups in total. The number of aldehydes is 1. The van der Waals surface area contributed by atoms with Gasteiger partial charge in [-0.3, -0.25) is 24.2 Å². The van der Waals surface area contributed by atoms with Crippen LogP contribution in [-0.4, -0.2) is 79.8 Å². The number of aryl methyl sites for hydroxylation is 1. The second-order valence-corrected chi connectivity index (χ2v) is 28.7. The van der Waals surface area contributed by atoms with Gasteiger partial charge in [0.1, 0.15) is 23.5 Å². The fourth-order valence-electron chi connectivity index (χ4n) is 13.6. The number of rotatable bonds is 19. The lowest BCUT2D eigenvalue weighted by atomic mass is 9.88. The SMILES string of the molecule is CCN(CC)C(=O)c1ccccc1C.COc1ccc(CN)cc1.COc1ccc(CN2C(=O)c3ccccc3CC2c2ccc(-c3ccccc3)cc2)cc1.COc1ccc(CN=Cc2ccc(-c3ccccc3)cc2)cc1.ClCCl.O=C1NC(c2ccc(-c3ccccc3)cc2)Cc2ccccc21.O=Cc1ccc(-c2ccccc2)cc1. The van der Waals surface area contributed by atoms with E-state index in [0.717, 1.165) is 116 Å². The first kappa shape index (κ1) is 88.1. The van der Waals surface area contributed by atoms with Crippen molar-refractivity contribution in [3.63, 3.8) is 0 Å². The van der Waals surface area contributed by atoms with Crippen LogP contribution in [0.1, 0.15) is 117 Å². The summed E-state index contributed by atoms with van der Waals surface area (Å²) in [6.45, 7) is 9.32. The van der Waals surface area contributed by atoms with Crippen LogP contribution in [-0.2, 0) is 32.5 Å². The lowest BCUT2D eigenvalue weighted by Crippen LogP contribution is -2.39. The van der Waals surface area contributed by atoms with Gasteiger partial charge in [-0.15, -0.1) is 23.2 Å². The monoisotopic (exact) mass is 1610 g/mol. The normalized spacial score (nSPS) is 12.7. The van der Waals surface area contributed by atoms with E-state index >= 15 is 0 Å². The third-order valence-electron chi connectivity index (χ3n) is 20.3. The number of aliphatic imine (C=N–C) groups is 1. The molecule has 119 heavy (non-hydrogen) atoms. The molecule has 14 heteroatoms. The van der Waals surface area contributed by atoms with Gasteiger partial charge in [0.25, 0.3) is 17.7 Å². The summed E-state index contributed by atoms with van der Waals surface area (Å²) in [4.78, 5) is 56.5. The van der Waals surface area contributed by atoms with Gasteiger partial charge in [0, 0.05) is 54.6 Å². The fraction of sp³-hybridized carbons (Fsp3) is 0.152. The van der Waals surface area contributed by atoms with Crippen LogP contribution in [0.4, 0.5) is 0 Å². The molecule has 2 heterocycles. The van der Waals surface area contributed by atoms with Crippen LogP contribution in [0.25, 0.3) is 44.5 Å². The number of methoxy groups -OCH3 is 3. The van der Waals surface area contributed by atoms with Gasteiger partial charge >= 0.3 is 0 Å². The van der Waals surface area contributed by atoms with E-state index in [4.69, 9.17) is 43.1 Å². The van der Waals surface area contributed by atoms with Crippen LogP contribution >= 0.6 is 23.2 Å². The Kier molecular flexibility index (Phi) is 34.9. The lowest BCUT2D eigenvalue weighted by molar-refractivity contribution is 0.0628. The van der Waals surface area contributed by atoms with Crippen molar-refractivity contribution in [2.45, 2.75) is 65.3 Å². The zero-order valence-electron chi connectivity index (χ0n) is 68.1. The first-order valence-corrected chi connectivity index (χ1v) is 40.7. The summed E-state index contributed by atoms with van der Waals surface area (Å²) in [5.41, 5.74) is 28.1. The third kappa shape index (κ3) is 26.1. The number of nitrogens with one attached hydrogen (secondary N) is 1. The van der Waals surface area contributed by atoms with Gasteiger partial charge in [-0.2, -0.15) is 0 Å². The smallest absolute Gasteiger partial charge is 0.254 e. The maximum absolute atomic E-state index is 13.5. The Morgan fingerprint density at radius 2 is 0.815 bits per heavy atom. The molecule has 0 bridgehead atoms. The van der Waals surface area contributed by atoms with Gasteiger partial charge in [0.15, 0.2) is 0 Å². The van der Waals surface area contributed by atoms with Crippen LogP contribution in [0.5, 0.6) is 17.2 Å². The van der Waals surface area contributed by atoms with Crippen molar-refractivity contribution in [3.05, 3.63) is 436 Å². The largest absolute Gasteiger partial charge is 0.497 e. The van der Waals surface area contributed by atoms with Crippen molar-refractivity contribution in [3.8, 4) is 61.8 Å². The van der Waals surface area contributed by atoms with Crippen molar-refractivity contribution in [1.82, 2.24) is 15.1 Å². The minimum absolute atomic E-state index is 0.00988. The number of halogens is 2. The van der Waals surface area contributed by atoms with E-state index in [1.165, 1.54) is 44.5 Å². The Balaban J connectivity index is 0.000000155. The third-order valence-corrected chi connectivity index (χ3v) is 20.3.